The molecule has 0 spiro atoms. The second kappa shape index (κ2) is 9.00. The van der Waals surface area contributed by atoms with Gasteiger partial charge in [-0.15, -0.1) is 0 Å². The van der Waals surface area contributed by atoms with Crippen LogP contribution in [0.2, 0.25) is 0 Å². The summed E-state index contributed by atoms with van der Waals surface area (Å²) in [4.78, 5) is 15.1. The number of carbonyl (C=O) groups is 1. The zero-order chi connectivity index (χ0) is 21.0. The predicted octanol–water partition coefficient (Wildman–Crippen LogP) is 2.63. The molecular weight excluding hydrogens is 390 g/mol. The second-order valence-electron chi connectivity index (χ2n) is 7.38. The van der Waals surface area contributed by atoms with Crippen LogP contribution in [0.5, 0.6) is 5.75 Å². The van der Waals surface area contributed by atoms with Crippen molar-refractivity contribution in [1.29, 1.82) is 0 Å². The minimum Gasteiger partial charge on any atom is -0.497 e. The number of sulfonamides is 1. The van der Waals surface area contributed by atoms with E-state index in [9.17, 15) is 13.2 Å². The number of aromatic nitrogens is 1. The van der Waals surface area contributed by atoms with E-state index in [1.807, 2.05) is 41.8 Å². The van der Waals surface area contributed by atoms with Crippen molar-refractivity contribution < 1.29 is 17.9 Å². The van der Waals surface area contributed by atoms with Crippen LogP contribution in [0.4, 0.5) is 0 Å². The van der Waals surface area contributed by atoms with Crippen LogP contribution in [0.3, 0.4) is 0 Å². The van der Waals surface area contributed by atoms with Gasteiger partial charge >= 0.3 is 0 Å². The first kappa shape index (κ1) is 21.4. The molecule has 1 aromatic carbocycles. The van der Waals surface area contributed by atoms with Crippen molar-refractivity contribution in [2.45, 2.75) is 43.7 Å². The Balaban J connectivity index is 1.78. The maximum atomic E-state index is 13.1. The molecular formula is C21H29N3O4S. The monoisotopic (exact) mass is 419 g/mol. The molecule has 1 saturated carbocycles. The lowest BCUT2D eigenvalue weighted by Gasteiger charge is -2.27. The van der Waals surface area contributed by atoms with E-state index < -0.39 is 10.0 Å². The standard InChI is InChI=1S/C21H29N3O4S/c1-4-13-23(29(26,27)20-11-9-19(28-3)10-12-20)16-21(25)24(17-7-8-17)15-18-6-5-14-22(18)2/h5-6,9-12,14,17H,4,7-8,13,15-16H2,1-3H3. The summed E-state index contributed by atoms with van der Waals surface area (Å²) in [6.45, 7) is 2.55. The molecule has 0 bridgehead atoms. The summed E-state index contributed by atoms with van der Waals surface area (Å²) in [7, 11) is -0.288. The van der Waals surface area contributed by atoms with E-state index in [4.69, 9.17) is 4.74 Å². The maximum absolute atomic E-state index is 13.1. The number of nitrogens with zero attached hydrogens (tertiary/aromatic N) is 3. The fraction of sp³-hybridized carbons (Fsp3) is 0.476. The van der Waals surface area contributed by atoms with Gasteiger partial charge in [-0.25, -0.2) is 8.42 Å². The van der Waals surface area contributed by atoms with E-state index in [0.717, 1.165) is 18.5 Å². The van der Waals surface area contributed by atoms with Crippen molar-refractivity contribution in [2.75, 3.05) is 20.2 Å². The summed E-state index contributed by atoms with van der Waals surface area (Å²) in [6, 6.07) is 10.4. The number of hydrogen-bond acceptors (Lipinski definition) is 4. The van der Waals surface area contributed by atoms with E-state index in [0.29, 0.717) is 25.3 Å². The first-order valence-corrected chi connectivity index (χ1v) is 11.3. The van der Waals surface area contributed by atoms with Crippen LogP contribution in [0.25, 0.3) is 0 Å². The Morgan fingerprint density at radius 1 is 1.21 bits per heavy atom. The van der Waals surface area contributed by atoms with Crippen molar-refractivity contribution in [2.24, 2.45) is 7.05 Å². The Kier molecular flexibility index (Phi) is 6.64. The van der Waals surface area contributed by atoms with E-state index in [2.05, 4.69) is 0 Å². The lowest BCUT2D eigenvalue weighted by Crippen LogP contribution is -2.44. The van der Waals surface area contributed by atoms with Gasteiger partial charge in [-0.2, -0.15) is 4.31 Å². The maximum Gasteiger partial charge on any atom is 0.243 e. The first-order chi connectivity index (χ1) is 13.9. The van der Waals surface area contributed by atoms with Gasteiger partial charge in [0, 0.05) is 31.5 Å². The number of benzene rings is 1. The molecule has 1 amide bonds. The lowest BCUT2D eigenvalue weighted by molar-refractivity contribution is -0.132. The van der Waals surface area contributed by atoms with Crippen LogP contribution in [0.15, 0.2) is 47.5 Å². The van der Waals surface area contributed by atoms with Crippen LogP contribution >= 0.6 is 0 Å². The molecule has 158 valence electrons. The molecule has 7 nitrogen and oxygen atoms in total. The molecule has 1 aliphatic carbocycles. The molecule has 2 aromatic rings. The summed E-state index contributed by atoms with van der Waals surface area (Å²) in [5.74, 6) is 0.434. The molecule has 3 rings (SSSR count). The number of rotatable bonds is 10. The van der Waals surface area contributed by atoms with E-state index >= 15 is 0 Å². The highest BCUT2D eigenvalue weighted by Gasteiger charge is 2.35. The molecule has 1 aliphatic rings. The fourth-order valence-electron chi connectivity index (χ4n) is 3.31. The zero-order valence-electron chi connectivity index (χ0n) is 17.2. The molecule has 29 heavy (non-hydrogen) atoms. The van der Waals surface area contributed by atoms with Crippen molar-refractivity contribution in [1.82, 2.24) is 13.8 Å². The van der Waals surface area contributed by atoms with Gasteiger partial charge in [-0.3, -0.25) is 4.79 Å². The van der Waals surface area contributed by atoms with Crippen molar-refractivity contribution in [3.05, 3.63) is 48.3 Å². The minimum atomic E-state index is -3.77. The first-order valence-electron chi connectivity index (χ1n) is 9.90. The molecule has 0 saturated heterocycles. The highest BCUT2D eigenvalue weighted by Crippen LogP contribution is 2.29. The van der Waals surface area contributed by atoms with Crippen LogP contribution in [0.1, 0.15) is 31.9 Å². The highest BCUT2D eigenvalue weighted by molar-refractivity contribution is 7.89. The Morgan fingerprint density at radius 2 is 1.90 bits per heavy atom. The molecule has 1 heterocycles. The molecule has 0 unspecified atom stereocenters. The average molecular weight is 420 g/mol. The largest absolute Gasteiger partial charge is 0.497 e. The van der Waals surface area contributed by atoms with E-state index in [1.54, 1.807) is 12.1 Å². The number of amides is 1. The van der Waals surface area contributed by atoms with Crippen LogP contribution in [-0.2, 0) is 28.4 Å². The van der Waals surface area contributed by atoms with Gasteiger partial charge in [-0.1, -0.05) is 6.92 Å². The fourth-order valence-corrected chi connectivity index (χ4v) is 4.80. The van der Waals surface area contributed by atoms with Crippen LogP contribution in [-0.4, -0.2) is 54.3 Å². The quantitative estimate of drug-likeness (QED) is 0.594. The Hall–Kier alpha value is -2.32. The molecule has 0 aliphatic heterocycles. The average Bonchev–Trinajstić information content (AvgIpc) is 3.47. The third-order valence-corrected chi connectivity index (χ3v) is 7.03. The SMILES string of the molecule is CCCN(CC(=O)N(Cc1cccn1C)C1CC1)S(=O)(=O)c1ccc(OC)cc1. The summed E-state index contributed by atoms with van der Waals surface area (Å²) >= 11 is 0. The Labute approximate surface area is 172 Å². The summed E-state index contributed by atoms with van der Waals surface area (Å²) in [5.41, 5.74) is 1.03. The van der Waals surface area contributed by atoms with Crippen molar-refractivity contribution in [3.8, 4) is 5.75 Å². The van der Waals surface area contributed by atoms with Crippen molar-refractivity contribution >= 4 is 15.9 Å². The van der Waals surface area contributed by atoms with Crippen molar-refractivity contribution in [3.63, 3.8) is 0 Å². The third-order valence-electron chi connectivity index (χ3n) is 5.17. The molecule has 8 heteroatoms. The van der Waals surface area contributed by atoms with Crippen LogP contribution in [0, 0.1) is 0 Å². The van der Waals surface area contributed by atoms with Gasteiger partial charge in [0.2, 0.25) is 15.9 Å². The van der Waals surface area contributed by atoms with E-state index in [1.165, 1.54) is 23.5 Å². The number of hydrogen-bond donors (Lipinski definition) is 0. The van der Waals surface area contributed by atoms with E-state index in [-0.39, 0.29) is 23.4 Å². The second-order valence-corrected chi connectivity index (χ2v) is 9.32. The molecule has 1 aromatic heterocycles. The molecule has 0 N–H and O–H groups in total. The topological polar surface area (TPSA) is 71.9 Å². The van der Waals surface area contributed by atoms with Gasteiger partial charge in [-0.05, 0) is 55.7 Å². The molecule has 1 fully saturated rings. The summed E-state index contributed by atoms with van der Waals surface area (Å²) in [6.07, 6.45) is 4.51. The molecule has 0 atom stereocenters. The lowest BCUT2D eigenvalue weighted by atomic mass is 10.3. The number of ether oxygens (including phenoxy) is 1. The number of carbonyl (C=O) groups excluding carboxylic acids is 1. The zero-order valence-corrected chi connectivity index (χ0v) is 18.1. The third kappa shape index (κ3) is 5.00. The normalized spacial score (nSPS) is 14.2. The number of methoxy groups -OCH3 is 1. The minimum absolute atomic E-state index is 0.150. The summed E-state index contributed by atoms with van der Waals surface area (Å²) < 4.78 is 34.7. The highest BCUT2D eigenvalue weighted by atomic mass is 32.2. The van der Waals surface area contributed by atoms with Gasteiger partial charge < -0.3 is 14.2 Å². The number of aryl methyl sites for hydroxylation is 1. The van der Waals surface area contributed by atoms with Crippen LogP contribution < -0.4 is 4.74 Å². The Bertz CT molecular complexity index is 933. The predicted molar refractivity (Wildman–Crippen MR) is 111 cm³/mol. The summed E-state index contributed by atoms with van der Waals surface area (Å²) in [5, 5.41) is 0. The van der Waals surface area contributed by atoms with Gasteiger partial charge in [0.1, 0.15) is 5.75 Å². The van der Waals surface area contributed by atoms with Gasteiger partial charge in [0.15, 0.2) is 0 Å². The smallest absolute Gasteiger partial charge is 0.243 e. The van der Waals surface area contributed by atoms with Gasteiger partial charge in [0.25, 0.3) is 0 Å². The Morgan fingerprint density at radius 3 is 2.41 bits per heavy atom. The van der Waals surface area contributed by atoms with Gasteiger partial charge in [0.05, 0.1) is 25.1 Å². The molecule has 0 radical (unpaired) electrons.